The Morgan fingerprint density at radius 3 is 2.83 bits per heavy atom. The number of methoxy groups -OCH3 is 1. The van der Waals surface area contributed by atoms with Crippen LogP contribution in [0.25, 0.3) is 0 Å². The van der Waals surface area contributed by atoms with Crippen LogP contribution in [0.5, 0.6) is 0 Å². The molecule has 4 heteroatoms. The van der Waals surface area contributed by atoms with Crippen molar-refractivity contribution >= 4 is 21.6 Å². The Morgan fingerprint density at radius 1 is 1.56 bits per heavy atom. The van der Waals surface area contributed by atoms with Gasteiger partial charge >= 0.3 is 0 Å². The Kier molecular flexibility index (Phi) is 6.39. The van der Waals surface area contributed by atoms with Crippen molar-refractivity contribution in [3.05, 3.63) is 40.9 Å². The second-order valence-electron chi connectivity index (χ2n) is 4.22. The lowest BCUT2D eigenvalue weighted by Crippen LogP contribution is -2.29. The molecule has 0 aliphatic carbocycles. The van der Waals surface area contributed by atoms with Crippen molar-refractivity contribution in [3.8, 4) is 0 Å². The van der Waals surface area contributed by atoms with Crippen LogP contribution in [0.1, 0.15) is 18.5 Å². The maximum atomic E-state index is 6.03. The number of anilines is 1. The fraction of sp³-hybridized carbons (Fsp3) is 0.429. The molecule has 0 bridgehead atoms. The van der Waals surface area contributed by atoms with E-state index in [1.54, 1.807) is 7.11 Å². The Morgan fingerprint density at radius 2 is 2.28 bits per heavy atom. The standard InChI is InChI=1S/C14H21BrN2O/c1-4-7-17(8-9-18-3)14-10-12(15)5-6-13(14)11(2)16/h4-6,10-11H,1,7-9,16H2,2-3H3. The number of nitrogens with zero attached hydrogens (tertiary/aromatic N) is 1. The van der Waals surface area contributed by atoms with E-state index in [0.717, 1.165) is 28.8 Å². The molecule has 0 saturated carbocycles. The molecule has 3 nitrogen and oxygen atoms in total. The third-order valence-electron chi connectivity index (χ3n) is 2.74. The van der Waals surface area contributed by atoms with Gasteiger partial charge in [0.15, 0.2) is 0 Å². The molecule has 0 saturated heterocycles. The molecule has 1 rings (SSSR count). The Hall–Kier alpha value is -0.840. The lowest BCUT2D eigenvalue weighted by atomic mass is 10.1. The molecule has 0 amide bonds. The number of nitrogens with two attached hydrogens (primary N) is 1. The smallest absolute Gasteiger partial charge is 0.0637 e. The van der Waals surface area contributed by atoms with Gasteiger partial charge in [-0.3, -0.25) is 0 Å². The lowest BCUT2D eigenvalue weighted by Gasteiger charge is -2.27. The van der Waals surface area contributed by atoms with Gasteiger partial charge in [0.25, 0.3) is 0 Å². The molecule has 0 aliphatic rings. The van der Waals surface area contributed by atoms with Gasteiger partial charge in [0.1, 0.15) is 0 Å². The van der Waals surface area contributed by atoms with Gasteiger partial charge in [-0.2, -0.15) is 0 Å². The number of hydrogen-bond donors (Lipinski definition) is 1. The minimum absolute atomic E-state index is 0.00274. The van der Waals surface area contributed by atoms with Gasteiger partial charge < -0.3 is 15.4 Å². The summed E-state index contributed by atoms with van der Waals surface area (Å²) in [5.74, 6) is 0. The fourth-order valence-electron chi connectivity index (χ4n) is 1.84. The van der Waals surface area contributed by atoms with Gasteiger partial charge in [-0.1, -0.05) is 28.1 Å². The molecule has 100 valence electrons. The lowest BCUT2D eigenvalue weighted by molar-refractivity contribution is 0.205. The van der Waals surface area contributed by atoms with E-state index in [4.69, 9.17) is 10.5 Å². The Bertz CT molecular complexity index is 393. The minimum atomic E-state index is 0.00274. The van der Waals surface area contributed by atoms with Crippen LogP contribution in [0.3, 0.4) is 0 Å². The zero-order valence-corrected chi connectivity index (χ0v) is 12.6. The highest BCUT2D eigenvalue weighted by atomic mass is 79.9. The van der Waals surface area contributed by atoms with Gasteiger partial charge in [-0.25, -0.2) is 0 Å². The van der Waals surface area contributed by atoms with E-state index < -0.39 is 0 Å². The first-order chi connectivity index (χ1) is 8.60. The zero-order valence-electron chi connectivity index (χ0n) is 11.0. The SMILES string of the molecule is C=CCN(CCOC)c1cc(Br)ccc1C(C)N. The number of ether oxygens (including phenoxy) is 1. The summed E-state index contributed by atoms with van der Waals surface area (Å²) in [5, 5.41) is 0. The van der Waals surface area contributed by atoms with Crippen LogP contribution in [0.4, 0.5) is 5.69 Å². The number of halogens is 1. The summed E-state index contributed by atoms with van der Waals surface area (Å²) in [6.45, 7) is 8.08. The van der Waals surface area contributed by atoms with Crippen LogP contribution in [-0.4, -0.2) is 26.8 Å². The average molecular weight is 313 g/mol. The summed E-state index contributed by atoms with van der Waals surface area (Å²) in [5.41, 5.74) is 8.30. The van der Waals surface area contributed by atoms with Crippen molar-refractivity contribution in [1.29, 1.82) is 0 Å². The topological polar surface area (TPSA) is 38.5 Å². The normalized spacial score (nSPS) is 12.2. The first kappa shape index (κ1) is 15.2. The molecule has 1 aromatic carbocycles. The molecule has 0 radical (unpaired) electrons. The fourth-order valence-corrected chi connectivity index (χ4v) is 2.19. The Balaban J connectivity index is 3.07. The first-order valence-electron chi connectivity index (χ1n) is 6.00. The predicted molar refractivity (Wildman–Crippen MR) is 81.0 cm³/mol. The van der Waals surface area contributed by atoms with Crippen LogP contribution in [-0.2, 0) is 4.74 Å². The zero-order chi connectivity index (χ0) is 13.5. The summed E-state index contributed by atoms with van der Waals surface area (Å²) < 4.78 is 6.20. The molecule has 1 atom stereocenters. The molecule has 18 heavy (non-hydrogen) atoms. The molecular formula is C14H21BrN2O. The van der Waals surface area contributed by atoms with Crippen molar-refractivity contribution in [1.82, 2.24) is 0 Å². The molecule has 2 N–H and O–H groups in total. The monoisotopic (exact) mass is 312 g/mol. The van der Waals surface area contributed by atoms with E-state index in [0.29, 0.717) is 6.61 Å². The van der Waals surface area contributed by atoms with Gasteiger partial charge in [0.2, 0.25) is 0 Å². The molecule has 1 unspecified atom stereocenters. The second kappa shape index (κ2) is 7.56. The highest BCUT2D eigenvalue weighted by Gasteiger charge is 2.13. The summed E-state index contributed by atoms with van der Waals surface area (Å²) >= 11 is 3.51. The van der Waals surface area contributed by atoms with Gasteiger partial charge in [-0.05, 0) is 24.6 Å². The molecule has 0 spiro atoms. The summed E-state index contributed by atoms with van der Waals surface area (Å²) in [4.78, 5) is 2.22. The van der Waals surface area contributed by atoms with E-state index >= 15 is 0 Å². The van der Waals surface area contributed by atoms with Crippen molar-refractivity contribution in [2.24, 2.45) is 5.73 Å². The predicted octanol–water partition coefficient (Wildman–Crippen LogP) is 3.11. The minimum Gasteiger partial charge on any atom is -0.383 e. The van der Waals surface area contributed by atoms with Crippen LogP contribution in [0.15, 0.2) is 35.3 Å². The highest BCUT2D eigenvalue weighted by molar-refractivity contribution is 9.10. The third-order valence-corrected chi connectivity index (χ3v) is 3.23. The van der Waals surface area contributed by atoms with Crippen molar-refractivity contribution in [2.45, 2.75) is 13.0 Å². The molecule has 0 heterocycles. The number of benzene rings is 1. The van der Waals surface area contributed by atoms with E-state index in [9.17, 15) is 0 Å². The van der Waals surface area contributed by atoms with Crippen molar-refractivity contribution < 1.29 is 4.74 Å². The van der Waals surface area contributed by atoms with Crippen molar-refractivity contribution in [2.75, 3.05) is 31.7 Å². The van der Waals surface area contributed by atoms with Crippen LogP contribution in [0, 0.1) is 0 Å². The molecule has 0 aliphatic heterocycles. The highest BCUT2D eigenvalue weighted by Crippen LogP contribution is 2.28. The summed E-state index contributed by atoms with van der Waals surface area (Å²) in [6, 6.07) is 6.18. The van der Waals surface area contributed by atoms with E-state index in [2.05, 4.69) is 39.5 Å². The van der Waals surface area contributed by atoms with E-state index in [1.807, 2.05) is 19.1 Å². The van der Waals surface area contributed by atoms with Gasteiger partial charge in [-0.15, -0.1) is 6.58 Å². The van der Waals surface area contributed by atoms with Crippen LogP contribution >= 0.6 is 15.9 Å². The third kappa shape index (κ3) is 4.12. The molecule has 1 aromatic rings. The van der Waals surface area contributed by atoms with Crippen LogP contribution < -0.4 is 10.6 Å². The first-order valence-corrected chi connectivity index (χ1v) is 6.79. The quantitative estimate of drug-likeness (QED) is 0.786. The summed E-state index contributed by atoms with van der Waals surface area (Å²) in [6.07, 6.45) is 1.89. The van der Waals surface area contributed by atoms with Crippen LogP contribution in [0.2, 0.25) is 0 Å². The molecule has 0 fully saturated rings. The average Bonchev–Trinajstić information content (AvgIpc) is 2.34. The Labute approximate surface area is 118 Å². The second-order valence-corrected chi connectivity index (χ2v) is 5.13. The largest absolute Gasteiger partial charge is 0.383 e. The van der Waals surface area contributed by atoms with Gasteiger partial charge in [0, 0.05) is 36.4 Å². The maximum absolute atomic E-state index is 6.03. The van der Waals surface area contributed by atoms with Crippen molar-refractivity contribution in [3.63, 3.8) is 0 Å². The number of hydrogen-bond acceptors (Lipinski definition) is 3. The molecular weight excluding hydrogens is 292 g/mol. The van der Waals surface area contributed by atoms with E-state index in [-0.39, 0.29) is 6.04 Å². The molecule has 0 aromatic heterocycles. The van der Waals surface area contributed by atoms with E-state index in [1.165, 1.54) is 0 Å². The number of rotatable bonds is 7. The maximum Gasteiger partial charge on any atom is 0.0637 e. The van der Waals surface area contributed by atoms with Gasteiger partial charge in [0.05, 0.1) is 6.61 Å². The summed E-state index contributed by atoms with van der Waals surface area (Å²) in [7, 11) is 1.71.